The molecule has 3 rings (SSSR count). The maximum Gasteiger partial charge on any atom is 1.00 e. The van der Waals surface area contributed by atoms with Crippen LogP contribution in [0.1, 0.15) is 40.0 Å². The zero-order chi connectivity index (χ0) is 16.9. The molecule has 0 bridgehead atoms. The predicted molar refractivity (Wildman–Crippen MR) is 92.3 cm³/mol. The zero-order valence-electron chi connectivity index (χ0n) is 15.4. The average Bonchev–Trinajstić information content (AvgIpc) is 3.01. The van der Waals surface area contributed by atoms with Crippen LogP contribution in [0.15, 0.2) is 59.0 Å². The van der Waals surface area contributed by atoms with E-state index in [1.807, 2.05) is 37.3 Å². The molecule has 0 radical (unpaired) electrons. The predicted octanol–water partition coefficient (Wildman–Crippen LogP) is 1.39. The van der Waals surface area contributed by atoms with E-state index in [9.17, 15) is 9.59 Å². The second kappa shape index (κ2) is 8.90. The van der Waals surface area contributed by atoms with Crippen molar-refractivity contribution in [2.45, 2.75) is 19.8 Å². The monoisotopic (exact) mass is 343 g/mol. The van der Waals surface area contributed by atoms with Crippen molar-refractivity contribution in [1.82, 2.24) is 4.98 Å². The third kappa shape index (κ3) is 4.75. The summed E-state index contributed by atoms with van der Waals surface area (Å²) in [6, 6.07) is 16.3. The van der Waals surface area contributed by atoms with Crippen molar-refractivity contribution in [1.29, 1.82) is 0 Å². The van der Waals surface area contributed by atoms with Crippen molar-refractivity contribution in [3.05, 3.63) is 77.2 Å². The fraction of sp³-hybridized carbons (Fsp3) is 0.150. The van der Waals surface area contributed by atoms with Crippen LogP contribution in [0.5, 0.6) is 0 Å². The van der Waals surface area contributed by atoms with Crippen LogP contribution in [-0.4, -0.2) is 17.1 Å². The van der Waals surface area contributed by atoms with E-state index in [1.54, 1.807) is 24.3 Å². The minimum Gasteiger partial charge on any atom is -1.00 e. The SMILES string of the molecule is Cc1oc(-c2ccccc2)nc1CCC(=O)c1ccc(C=O)cc1.[H-].[Na+]. The number of ketones is 1. The first-order chi connectivity index (χ1) is 11.7. The molecule has 0 aliphatic rings. The van der Waals surface area contributed by atoms with E-state index in [2.05, 4.69) is 4.98 Å². The largest absolute Gasteiger partial charge is 1.00 e. The number of Topliss-reactive ketones (excluding diaryl/α,β-unsaturated/α-hetero) is 1. The van der Waals surface area contributed by atoms with Crippen LogP contribution in [-0.2, 0) is 6.42 Å². The van der Waals surface area contributed by atoms with Gasteiger partial charge in [-0.25, -0.2) is 4.98 Å². The number of aryl methyl sites for hydroxylation is 2. The molecule has 0 saturated carbocycles. The summed E-state index contributed by atoms with van der Waals surface area (Å²) in [6.45, 7) is 1.86. The number of nitrogens with zero attached hydrogens (tertiary/aromatic N) is 1. The Labute approximate surface area is 170 Å². The summed E-state index contributed by atoms with van der Waals surface area (Å²) >= 11 is 0. The van der Waals surface area contributed by atoms with Crippen molar-refractivity contribution in [3.8, 4) is 11.5 Å². The Bertz CT molecular complexity index is 861. The molecular weight excluding hydrogens is 325 g/mol. The molecule has 1 aromatic heterocycles. The van der Waals surface area contributed by atoms with Gasteiger partial charge in [-0.3, -0.25) is 9.59 Å². The fourth-order valence-electron chi connectivity index (χ4n) is 2.49. The van der Waals surface area contributed by atoms with Gasteiger partial charge in [0.15, 0.2) is 5.78 Å². The van der Waals surface area contributed by atoms with Gasteiger partial charge in [0, 0.05) is 29.5 Å². The molecule has 2 aromatic carbocycles. The Morgan fingerprint density at radius 3 is 2.44 bits per heavy atom. The van der Waals surface area contributed by atoms with Gasteiger partial charge >= 0.3 is 29.6 Å². The van der Waals surface area contributed by atoms with Crippen LogP contribution in [0.4, 0.5) is 0 Å². The molecule has 0 N–H and O–H groups in total. The molecule has 122 valence electrons. The third-order valence-corrected chi connectivity index (χ3v) is 3.87. The van der Waals surface area contributed by atoms with Crippen molar-refractivity contribution in [2.75, 3.05) is 0 Å². The number of rotatable bonds is 6. The molecule has 0 spiro atoms. The number of hydrogen-bond donors (Lipinski definition) is 0. The fourth-order valence-corrected chi connectivity index (χ4v) is 2.49. The summed E-state index contributed by atoms with van der Waals surface area (Å²) < 4.78 is 5.71. The second-order valence-electron chi connectivity index (χ2n) is 5.55. The first-order valence-electron chi connectivity index (χ1n) is 7.77. The van der Waals surface area contributed by atoms with Gasteiger partial charge in [-0.2, -0.15) is 0 Å². The van der Waals surface area contributed by atoms with Crippen LogP contribution in [0.25, 0.3) is 11.5 Å². The van der Waals surface area contributed by atoms with Gasteiger partial charge in [0.1, 0.15) is 12.0 Å². The Kier molecular flexibility index (Phi) is 6.88. The van der Waals surface area contributed by atoms with Crippen LogP contribution in [0, 0.1) is 6.92 Å². The van der Waals surface area contributed by atoms with Gasteiger partial charge in [0.25, 0.3) is 0 Å². The molecule has 0 atom stereocenters. The molecule has 5 heteroatoms. The molecule has 3 aromatic rings. The van der Waals surface area contributed by atoms with Gasteiger partial charge in [-0.05, 0) is 19.1 Å². The average molecular weight is 343 g/mol. The van der Waals surface area contributed by atoms with E-state index in [-0.39, 0.29) is 36.8 Å². The molecule has 0 amide bonds. The molecule has 4 nitrogen and oxygen atoms in total. The van der Waals surface area contributed by atoms with Gasteiger partial charge in [-0.1, -0.05) is 42.5 Å². The Morgan fingerprint density at radius 2 is 1.80 bits per heavy atom. The van der Waals surface area contributed by atoms with E-state index in [0.717, 1.165) is 23.3 Å². The minimum atomic E-state index is 0. The first kappa shape index (κ1) is 19.3. The molecular formula is C20H18NNaO3. The molecule has 0 saturated heterocycles. The zero-order valence-corrected chi connectivity index (χ0v) is 16.4. The van der Waals surface area contributed by atoms with Crippen molar-refractivity contribution in [3.63, 3.8) is 0 Å². The number of aromatic nitrogens is 1. The minimum absolute atomic E-state index is 0. The van der Waals surface area contributed by atoms with E-state index in [0.29, 0.717) is 29.9 Å². The first-order valence-corrected chi connectivity index (χ1v) is 7.77. The Morgan fingerprint density at radius 1 is 1.12 bits per heavy atom. The summed E-state index contributed by atoms with van der Waals surface area (Å²) in [5.41, 5.74) is 2.88. The maximum atomic E-state index is 12.3. The smallest absolute Gasteiger partial charge is 1.00 e. The number of benzene rings is 2. The topological polar surface area (TPSA) is 60.2 Å². The van der Waals surface area contributed by atoms with Gasteiger partial charge < -0.3 is 5.84 Å². The second-order valence-corrected chi connectivity index (χ2v) is 5.55. The molecule has 0 unspecified atom stereocenters. The van der Waals surface area contributed by atoms with Gasteiger partial charge in [-0.15, -0.1) is 0 Å². The Hall–Kier alpha value is -2.01. The van der Waals surface area contributed by atoms with E-state index >= 15 is 0 Å². The summed E-state index contributed by atoms with van der Waals surface area (Å²) in [7, 11) is 0. The summed E-state index contributed by atoms with van der Waals surface area (Å²) in [5, 5.41) is 0. The number of carbonyl (C=O) groups excluding carboxylic acids is 2. The summed E-state index contributed by atoms with van der Waals surface area (Å²) in [6.07, 6.45) is 1.64. The number of oxazole rings is 1. The number of carbonyl (C=O) groups is 2. The number of hydrogen-bond acceptors (Lipinski definition) is 4. The summed E-state index contributed by atoms with van der Waals surface area (Å²) in [5.74, 6) is 1.33. The molecule has 0 aliphatic carbocycles. The van der Waals surface area contributed by atoms with Crippen LogP contribution < -0.4 is 29.6 Å². The molecule has 25 heavy (non-hydrogen) atoms. The maximum absolute atomic E-state index is 12.3. The van der Waals surface area contributed by atoms with Crippen molar-refractivity contribution in [2.24, 2.45) is 0 Å². The molecule has 0 fully saturated rings. The quantitative estimate of drug-likeness (QED) is 0.386. The van der Waals surface area contributed by atoms with E-state index < -0.39 is 0 Å². The Balaban J connectivity index is 0.00000169. The normalized spacial score (nSPS) is 10.1. The number of aldehydes is 1. The van der Waals surface area contributed by atoms with Crippen LogP contribution in [0.2, 0.25) is 0 Å². The van der Waals surface area contributed by atoms with Gasteiger partial charge in [0.05, 0.1) is 5.69 Å². The third-order valence-electron chi connectivity index (χ3n) is 3.87. The summed E-state index contributed by atoms with van der Waals surface area (Å²) in [4.78, 5) is 27.4. The van der Waals surface area contributed by atoms with Crippen LogP contribution >= 0.6 is 0 Å². The van der Waals surface area contributed by atoms with Crippen molar-refractivity contribution < 1.29 is 45.0 Å². The van der Waals surface area contributed by atoms with E-state index in [4.69, 9.17) is 4.42 Å². The molecule has 1 heterocycles. The van der Waals surface area contributed by atoms with E-state index in [1.165, 1.54) is 0 Å². The van der Waals surface area contributed by atoms with Crippen LogP contribution in [0.3, 0.4) is 0 Å². The standard InChI is InChI=1S/C20H17NO3.Na.H/c1-14-18(21-20(24-14)17-5-3-2-4-6-17)11-12-19(23)16-9-7-15(13-22)8-10-16;;/h2-10,13H,11-12H2,1H3;;/q;+1;-1. The van der Waals surface area contributed by atoms with Gasteiger partial charge in [0.2, 0.25) is 5.89 Å². The molecule has 0 aliphatic heterocycles. The van der Waals surface area contributed by atoms with Crippen molar-refractivity contribution >= 4 is 12.1 Å².